The molecule has 1 heterocycles. The van der Waals surface area contributed by atoms with Crippen molar-refractivity contribution in [3.8, 4) is 11.4 Å². The predicted molar refractivity (Wildman–Crippen MR) is 74.2 cm³/mol. The Morgan fingerprint density at radius 3 is 2.22 bits per heavy atom. The van der Waals surface area contributed by atoms with Gasteiger partial charge in [-0.2, -0.15) is 0 Å². The molecule has 1 aromatic heterocycles. The van der Waals surface area contributed by atoms with Crippen molar-refractivity contribution < 1.29 is 0 Å². The topological polar surface area (TPSA) is 37.8 Å². The van der Waals surface area contributed by atoms with Crippen LogP contribution in [0.5, 0.6) is 0 Å². The SMILES string of the molecule is Cc1ccc(-c2ncc(CNC(C)C)cn2)cc1. The van der Waals surface area contributed by atoms with Crippen LogP contribution in [-0.2, 0) is 6.54 Å². The number of aromatic nitrogens is 2. The van der Waals surface area contributed by atoms with Crippen LogP contribution in [0.2, 0.25) is 0 Å². The second-order valence-electron chi connectivity index (χ2n) is 4.82. The zero-order valence-electron chi connectivity index (χ0n) is 11.1. The molecule has 94 valence electrons. The van der Waals surface area contributed by atoms with E-state index in [1.807, 2.05) is 12.4 Å². The van der Waals surface area contributed by atoms with E-state index >= 15 is 0 Å². The van der Waals surface area contributed by atoms with Crippen molar-refractivity contribution in [2.24, 2.45) is 0 Å². The first-order valence-corrected chi connectivity index (χ1v) is 6.26. The fraction of sp³-hybridized carbons (Fsp3) is 0.333. The molecule has 0 saturated carbocycles. The van der Waals surface area contributed by atoms with Crippen LogP contribution in [0.4, 0.5) is 0 Å². The molecule has 3 nitrogen and oxygen atoms in total. The number of rotatable bonds is 4. The van der Waals surface area contributed by atoms with Crippen molar-refractivity contribution in [2.45, 2.75) is 33.4 Å². The Hall–Kier alpha value is -1.74. The van der Waals surface area contributed by atoms with E-state index in [0.717, 1.165) is 23.5 Å². The van der Waals surface area contributed by atoms with Gasteiger partial charge in [-0.15, -0.1) is 0 Å². The molecule has 0 radical (unpaired) electrons. The zero-order chi connectivity index (χ0) is 13.0. The van der Waals surface area contributed by atoms with Gasteiger partial charge in [-0.3, -0.25) is 0 Å². The second kappa shape index (κ2) is 5.74. The standard InChI is InChI=1S/C15H19N3/c1-11(2)16-8-13-9-17-15(18-10-13)14-6-4-12(3)5-7-14/h4-7,9-11,16H,8H2,1-3H3. The van der Waals surface area contributed by atoms with Crippen LogP contribution in [0.1, 0.15) is 25.0 Å². The lowest BCUT2D eigenvalue weighted by molar-refractivity contribution is 0.587. The lowest BCUT2D eigenvalue weighted by Gasteiger charge is -2.07. The Bertz CT molecular complexity index is 486. The molecule has 2 aromatic rings. The zero-order valence-corrected chi connectivity index (χ0v) is 11.1. The number of hydrogen-bond donors (Lipinski definition) is 1. The predicted octanol–water partition coefficient (Wildman–Crippen LogP) is 2.95. The van der Waals surface area contributed by atoms with Crippen LogP contribution in [0.15, 0.2) is 36.7 Å². The van der Waals surface area contributed by atoms with Gasteiger partial charge in [0.25, 0.3) is 0 Å². The van der Waals surface area contributed by atoms with Gasteiger partial charge in [0, 0.05) is 36.1 Å². The van der Waals surface area contributed by atoms with Crippen LogP contribution in [0.25, 0.3) is 11.4 Å². The van der Waals surface area contributed by atoms with Gasteiger partial charge in [0.05, 0.1) is 0 Å². The van der Waals surface area contributed by atoms with Gasteiger partial charge in [0.1, 0.15) is 0 Å². The molecule has 0 saturated heterocycles. The maximum Gasteiger partial charge on any atom is 0.159 e. The molecule has 0 aliphatic heterocycles. The summed E-state index contributed by atoms with van der Waals surface area (Å²) in [6.45, 7) is 7.14. The minimum atomic E-state index is 0.474. The molecule has 1 N–H and O–H groups in total. The van der Waals surface area contributed by atoms with Crippen LogP contribution in [0, 0.1) is 6.92 Å². The second-order valence-corrected chi connectivity index (χ2v) is 4.82. The lowest BCUT2D eigenvalue weighted by atomic mass is 10.1. The highest BCUT2D eigenvalue weighted by Crippen LogP contribution is 2.14. The minimum Gasteiger partial charge on any atom is -0.310 e. The van der Waals surface area contributed by atoms with Crippen molar-refractivity contribution in [1.82, 2.24) is 15.3 Å². The van der Waals surface area contributed by atoms with E-state index in [4.69, 9.17) is 0 Å². The number of aryl methyl sites for hydroxylation is 1. The number of nitrogens with one attached hydrogen (secondary N) is 1. The van der Waals surface area contributed by atoms with E-state index in [-0.39, 0.29) is 0 Å². The summed E-state index contributed by atoms with van der Waals surface area (Å²) in [6, 6.07) is 8.73. The summed E-state index contributed by atoms with van der Waals surface area (Å²) in [4.78, 5) is 8.81. The lowest BCUT2D eigenvalue weighted by Crippen LogP contribution is -2.21. The Morgan fingerprint density at radius 1 is 1.06 bits per heavy atom. The van der Waals surface area contributed by atoms with Gasteiger partial charge in [0.15, 0.2) is 5.82 Å². The molecule has 0 atom stereocenters. The average Bonchev–Trinajstić information content (AvgIpc) is 2.38. The van der Waals surface area contributed by atoms with Gasteiger partial charge in [-0.25, -0.2) is 9.97 Å². The summed E-state index contributed by atoms with van der Waals surface area (Å²) in [5.74, 6) is 0.781. The van der Waals surface area contributed by atoms with Gasteiger partial charge < -0.3 is 5.32 Å². The van der Waals surface area contributed by atoms with Crippen molar-refractivity contribution >= 4 is 0 Å². The third-order valence-corrected chi connectivity index (χ3v) is 2.73. The van der Waals surface area contributed by atoms with E-state index in [2.05, 4.69) is 60.3 Å². The largest absolute Gasteiger partial charge is 0.310 e. The molecule has 0 unspecified atom stereocenters. The first kappa shape index (κ1) is 12.7. The molecular weight excluding hydrogens is 222 g/mol. The molecule has 3 heteroatoms. The summed E-state index contributed by atoms with van der Waals surface area (Å²) in [5, 5.41) is 3.35. The van der Waals surface area contributed by atoms with E-state index in [1.54, 1.807) is 0 Å². The fourth-order valence-electron chi connectivity index (χ4n) is 1.62. The minimum absolute atomic E-state index is 0.474. The van der Waals surface area contributed by atoms with Gasteiger partial charge in [-0.05, 0) is 6.92 Å². The normalized spacial score (nSPS) is 10.9. The smallest absolute Gasteiger partial charge is 0.159 e. The summed E-state index contributed by atoms with van der Waals surface area (Å²) >= 11 is 0. The van der Waals surface area contributed by atoms with E-state index in [1.165, 1.54) is 5.56 Å². The van der Waals surface area contributed by atoms with Crippen LogP contribution in [-0.4, -0.2) is 16.0 Å². The average molecular weight is 241 g/mol. The van der Waals surface area contributed by atoms with E-state index < -0.39 is 0 Å². The van der Waals surface area contributed by atoms with Crippen LogP contribution < -0.4 is 5.32 Å². The summed E-state index contributed by atoms with van der Waals surface area (Å²) in [6.07, 6.45) is 3.77. The summed E-state index contributed by atoms with van der Waals surface area (Å²) in [5.41, 5.74) is 3.42. The maximum absolute atomic E-state index is 4.41. The summed E-state index contributed by atoms with van der Waals surface area (Å²) in [7, 11) is 0. The summed E-state index contributed by atoms with van der Waals surface area (Å²) < 4.78 is 0. The molecule has 0 aliphatic carbocycles. The first-order chi connectivity index (χ1) is 8.65. The Labute approximate surface area is 108 Å². The third-order valence-electron chi connectivity index (χ3n) is 2.73. The highest BCUT2D eigenvalue weighted by atomic mass is 14.9. The monoisotopic (exact) mass is 241 g/mol. The van der Waals surface area contributed by atoms with Crippen molar-refractivity contribution in [1.29, 1.82) is 0 Å². The van der Waals surface area contributed by atoms with Gasteiger partial charge in [0.2, 0.25) is 0 Å². The molecule has 1 aromatic carbocycles. The Morgan fingerprint density at radius 2 is 1.67 bits per heavy atom. The molecule has 18 heavy (non-hydrogen) atoms. The fourth-order valence-corrected chi connectivity index (χ4v) is 1.62. The molecule has 0 amide bonds. The van der Waals surface area contributed by atoms with E-state index in [9.17, 15) is 0 Å². The quantitative estimate of drug-likeness (QED) is 0.894. The van der Waals surface area contributed by atoms with Crippen LogP contribution in [0.3, 0.4) is 0 Å². The van der Waals surface area contributed by atoms with Crippen molar-refractivity contribution in [3.05, 3.63) is 47.8 Å². The molecule has 0 aliphatic rings. The highest BCUT2D eigenvalue weighted by Gasteiger charge is 2.01. The third kappa shape index (κ3) is 3.37. The number of hydrogen-bond acceptors (Lipinski definition) is 3. The molecular formula is C15H19N3. The molecule has 0 fully saturated rings. The Balaban J connectivity index is 2.09. The van der Waals surface area contributed by atoms with Crippen LogP contribution >= 0.6 is 0 Å². The molecule has 2 rings (SSSR count). The molecule has 0 spiro atoms. The van der Waals surface area contributed by atoms with Gasteiger partial charge in [-0.1, -0.05) is 43.7 Å². The maximum atomic E-state index is 4.41. The Kier molecular flexibility index (Phi) is 4.05. The number of benzene rings is 1. The number of nitrogens with zero attached hydrogens (tertiary/aromatic N) is 2. The first-order valence-electron chi connectivity index (χ1n) is 6.26. The van der Waals surface area contributed by atoms with Crippen molar-refractivity contribution in [3.63, 3.8) is 0 Å². The molecule has 0 bridgehead atoms. The van der Waals surface area contributed by atoms with Crippen molar-refractivity contribution in [2.75, 3.05) is 0 Å². The highest BCUT2D eigenvalue weighted by molar-refractivity contribution is 5.54. The van der Waals surface area contributed by atoms with Gasteiger partial charge >= 0.3 is 0 Å². The van der Waals surface area contributed by atoms with E-state index in [0.29, 0.717) is 6.04 Å².